The molecule has 0 aliphatic carbocycles. The molecule has 0 spiro atoms. The van der Waals surface area contributed by atoms with Gasteiger partial charge < -0.3 is 9.64 Å². The van der Waals surface area contributed by atoms with E-state index < -0.39 is 11.9 Å². The molecular weight excluding hydrogens is 290 g/mol. The fourth-order valence-corrected chi connectivity index (χ4v) is 3.04. The highest BCUT2D eigenvalue weighted by Crippen LogP contribution is 2.34. The lowest BCUT2D eigenvalue weighted by Crippen LogP contribution is -2.43. The molecule has 0 bridgehead atoms. The lowest BCUT2D eigenvalue weighted by molar-refractivity contribution is -0.153. The zero-order chi connectivity index (χ0) is 16.2. The zero-order valence-electron chi connectivity index (χ0n) is 13.1. The minimum atomic E-state index is -0.795. The molecule has 1 aliphatic rings. The highest BCUT2D eigenvalue weighted by atomic mass is 16.5. The van der Waals surface area contributed by atoms with Crippen LogP contribution >= 0.6 is 0 Å². The molecule has 0 aromatic heterocycles. The molecule has 0 fully saturated rings. The molecule has 1 heterocycles. The van der Waals surface area contributed by atoms with Gasteiger partial charge in [-0.25, -0.2) is 4.79 Å². The number of hydrogen-bond donors (Lipinski definition) is 0. The molecule has 118 valence electrons. The van der Waals surface area contributed by atoms with Gasteiger partial charge in [0.2, 0.25) is 0 Å². The summed E-state index contributed by atoms with van der Waals surface area (Å²) in [6.07, 6.45) is 0.854. The number of anilines is 1. The molecule has 1 atom stereocenters. The number of amides is 1. The van der Waals surface area contributed by atoms with Crippen molar-refractivity contribution in [1.29, 1.82) is 0 Å². The van der Waals surface area contributed by atoms with Gasteiger partial charge in [0.05, 0.1) is 6.61 Å². The maximum atomic E-state index is 12.5. The number of para-hydroxylation sites is 1. The molecular formula is C19H19NO3. The van der Waals surface area contributed by atoms with E-state index in [1.54, 1.807) is 11.8 Å². The molecule has 2 aromatic rings. The van der Waals surface area contributed by atoms with Crippen molar-refractivity contribution in [3.63, 3.8) is 0 Å². The standard InChI is InChI=1S/C19H19NO3/c1-2-23-19(22)18(21)20-13-16(14-8-4-3-5-9-14)12-15-10-6-7-11-17(15)20/h3-11,16H,2,12-13H2,1H3. The summed E-state index contributed by atoms with van der Waals surface area (Å²) in [5.41, 5.74) is 3.05. The predicted molar refractivity (Wildman–Crippen MR) is 88.3 cm³/mol. The fraction of sp³-hybridized carbons (Fsp3) is 0.263. The summed E-state index contributed by atoms with van der Waals surface area (Å²) < 4.78 is 4.88. The summed E-state index contributed by atoms with van der Waals surface area (Å²) in [4.78, 5) is 25.9. The van der Waals surface area contributed by atoms with Gasteiger partial charge in [0.25, 0.3) is 0 Å². The van der Waals surface area contributed by atoms with Gasteiger partial charge in [-0.15, -0.1) is 0 Å². The number of benzene rings is 2. The maximum absolute atomic E-state index is 12.5. The van der Waals surface area contributed by atoms with Crippen LogP contribution in [0.15, 0.2) is 54.6 Å². The Hall–Kier alpha value is -2.62. The van der Waals surface area contributed by atoms with Gasteiger partial charge in [0.15, 0.2) is 0 Å². The van der Waals surface area contributed by atoms with E-state index in [2.05, 4.69) is 12.1 Å². The van der Waals surface area contributed by atoms with Gasteiger partial charge >= 0.3 is 11.9 Å². The van der Waals surface area contributed by atoms with Gasteiger partial charge in [-0.1, -0.05) is 48.5 Å². The third kappa shape index (κ3) is 3.11. The first-order valence-corrected chi connectivity index (χ1v) is 7.82. The minimum absolute atomic E-state index is 0.171. The van der Waals surface area contributed by atoms with Gasteiger partial charge in [-0.3, -0.25) is 4.79 Å². The SMILES string of the molecule is CCOC(=O)C(=O)N1CC(c2ccccc2)Cc2ccccc21. The van der Waals surface area contributed by atoms with Gasteiger partial charge in [-0.05, 0) is 30.5 Å². The first-order chi connectivity index (χ1) is 11.2. The lowest BCUT2D eigenvalue weighted by atomic mass is 9.87. The van der Waals surface area contributed by atoms with Crippen molar-refractivity contribution in [2.45, 2.75) is 19.3 Å². The average molecular weight is 309 g/mol. The van der Waals surface area contributed by atoms with Gasteiger partial charge in [-0.2, -0.15) is 0 Å². The van der Waals surface area contributed by atoms with Crippen molar-refractivity contribution < 1.29 is 14.3 Å². The summed E-state index contributed by atoms with van der Waals surface area (Å²) in [6.45, 7) is 2.38. The fourth-order valence-electron chi connectivity index (χ4n) is 3.04. The molecule has 4 heteroatoms. The van der Waals surface area contributed by atoms with Crippen LogP contribution in [0.3, 0.4) is 0 Å². The molecule has 23 heavy (non-hydrogen) atoms. The topological polar surface area (TPSA) is 46.6 Å². The normalized spacial score (nSPS) is 16.6. The van der Waals surface area contributed by atoms with E-state index in [4.69, 9.17) is 4.74 Å². The van der Waals surface area contributed by atoms with Crippen LogP contribution in [0.1, 0.15) is 24.0 Å². The first-order valence-electron chi connectivity index (χ1n) is 7.82. The highest BCUT2D eigenvalue weighted by molar-refractivity contribution is 6.38. The van der Waals surface area contributed by atoms with Crippen LogP contribution in [0.5, 0.6) is 0 Å². The van der Waals surface area contributed by atoms with Crippen LogP contribution in [-0.4, -0.2) is 25.0 Å². The van der Waals surface area contributed by atoms with E-state index in [1.165, 1.54) is 5.56 Å². The van der Waals surface area contributed by atoms with E-state index in [1.807, 2.05) is 42.5 Å². The predicted octanol–water partition coefficient (Wildman–Crippen LogP) is 2.92. The van der Waals surface area contributed by atoms with Crippen molar-refractivity contribution in [2.75, 3.05) is 18.1 Å². The second-order valence-corrected chi connectivity index (χ2v) is 5.58. The number of carbonyl (C=O) groups is 2. The number of hydrogen-bond acceptors (Lipinski definition) is 3. The summed E-state index contributed by atoms with van der Waals surface area (Å²) in [6, 6.07) is 17.8. The number of carbonyl (C=O) groups excluding carboxylic acids is 2. The van der Waals surface area contributed by atoms with Crippen molar-refractivity contribution in [3.05, 3.63) is 65.7 Å². The molecule has 1 unspecified atom stereocenters. The second-order valence-electron chi connectivity index (χ2n) is 5.58. The Morgan fingerprint density at radius 2 is 1.78 bits per heavy atom. The first kappa shape index (κ1) is 15.3. The number of ether oxygens (including phenoxy) is 1. The lowest BCUT2D eigenvalue weighted by Gasteiger charge is -2.34. The molecule has 0 radical (unpaired) electrons. The van der Waals surface area contributed by atoms with Crippen molar-refractivity contribution in [1.82, 2.24) is 0 Å². The molecule has 1 aliphatic heterocycles. The van der Waals surface area contributed by atoms with Crippen LogP contribution in [-0.2, 0) is 20.7 Å². The van der Waals surface area contributed by atoms with E-state index in [0.29, 0.717) is 6.54 Å². The average Bonchev–Trinajstić information content (AvgIpc) is 2.61. The Morgan fingerprint density at radius 3 is 2.52 bits per heavy atom. The molecule has 2 aromatic carbocycles. The molecule has 3 rings (SSSR count). The number of nitrogens with zero attached hydrogens (tertiary/aromatic N) is 1. The van der Waals surface area contributed by atoms with Crippen molar-refractivity contribution in [2.24, 2.45) is 0 Å². The second kappa shape index (κ2) is 6.65. The van der Waals surface area contributed by atoms with Crippen LogP contribution in [0.2, 0.25) is 0 Å². The Balaban J connectivity index is 1.94. The Bertz CT molecular complexity index is 712. The Kier molecular flexibility index (Phi) is 4.42. The van der Waals surface area contributed by atoms with Crippen LogP contribution in [0.25, 0.3) is 0 Å². The zero-order valence-corrected chi connectivity index (χ0v) is 13.1. The number of fused-ring (bicyclic) bond motifs is 1. The summed E-state index contributed by atoms with van der Waals surface area (Å²) in [7, 11) is 0. The van der Waals surface area contributed by atoms with E-state index in [-0.39, 0.29) is 12.5 Å². The Labute approximate surface area is 135 Å². The summed E-state index contributed by atoms with van der Waals surface area (Å²) >= 11 is 0. The molecule has 0 N–H and O–H groups in total. The van der Waals surface area contributed by atoms with E-state index in [9.17, 15) is 9.59 Å². The molecule has 0 saturated heterocycles. The number of rotatable bonds is 2. The van der Waals surface area contributed by atoms with Gasteiger partial charge in [0, 0.05) is 18.2 Å². The highest BCUT2D eigenvalue weighted by Gasteiger charge is 2.32. The number of esters is 1. The van der Waals surface area contributed by atoms with Crippen molar-refractivity contribution >= 4 is 17.6 Å². The maximum Gasteiger partial charge on any atom is 0.397 e. The third-order valence-electron chi connectivity index (χ3n) is 4.12. The molecule has 1 amide bonds. The summed E-state index contributed by atoms with van der Waals surface area (Å²) in [5.74, 6) is -1.22. The minimum Gasteiger partial charge on any atom is -0.459 e. The third-order valence-corrected chi connectivity index (χ3v) is 4.12. The van der Waals surface area contributed by atoms with Gasteiger partial charge in [0.1, 0.15) is 0 Å². The molecule has 0 saturated carbocycles. The van der Waals surface area contributed by atoms with Crippen LogP contribution in [0.4, 0.5) is 5.69 Å². The van der Waals surface area contributed by atoms with Crippen LogP contribution in [0, 0.1) is 0 Å². The van der Waals surface area contributed by atoms with Crippen molar-refractivity contribution in [3.8, 4) is 0 Å². The summed E-state index contributed by atoms with van der Waals surface area (Å²) in [5, 5.41) is 0. The van der Waals surface area contributed by atoms with E-state index >= 15 is 0 Å². The molecule has 4 nitrogen and oxygen atoms in total. The van der Waals surface area contributed by atoms with Crippen LogP contribution < -0.4 is 4.90 Å². The Morgan fingerprint density at radius 1 is 1.09 bits per heavy atom. The largest absolute Gasteiger partial charge is 0.459 e. The monoisotopic (exact) mass is 309 g/mol. The van der Waals surface area contributed by atoms with E-state index in [0.717, 1.165) is 17.7 Å². The smallest absolute Gasteiger partial charge is 0.397 e. The quantitative estimate of drug-likeness (QED) is 0.633.